The van der Waals surface area contributed by atoms with Crippen molar-refractivity contribution in [3.05, 3.63) is 20.8 Å². The summed E-state index contributed by atoms with van der Waals surface area (Å²) < 4.78 is 9.75. The van der Waals surface area contributed by atoms with Gasteiger partial charge in [-0.25, -0.2) is 4.79 Å². The number of aryl methyl sites for hydroxylation is 1. The monoisotopic (exact) mass is 378 g/mol. The zero-order valence-corrected chi connectivity index (χ0v) is 16.0. The van der Waals surface area contributed by atoms with Crippen LogP contribution in [0.1, 0.15) is 19.8 Å². The number of carbonyl (C=O) groups is 1. The van der Waals surface area contributed by atoms with Crippen LogP contribution in [-0.2, 0) is 30.2 Å². The van der Waals surface area contributed by atoms with Gasteiger partial charge in [-0.05, 0) is 19.8 Å². The number of primary amides is 1. The third-order valence-electron chi connectivity index (χ3n) is 5.17. The Morgan fingerprint density at radius 3 is 2.48 bits per heavy atom. The minimum Gasteiger partial charge on any atom is -0.380 e. The summed E-state index contributed by atoms with van der Waals surface area (Å²) in [5.41, 5.74) is 5.36. The first-order chi connectivity index (χ1) is 12.9. The Hall–Kier alpha value is -2.62. The lowest BCUT2D eigenvalue weighted by Crippen LogP contribution is -2.40. The van der Waals surface area contributed by atoms with Crippen molar-refractivity contribution in [3.63, 3.8) is 0 Å². The van der Waals surface area contributed by atoms with Crippen LogP contribution in [0.3, 0.4) is 0 Å². The van der Waals surface area contributed by atoms with Crippen LogP contribution in [0.25, 0.3) is 11.2 Å². The first kappa shape index (κ1) is 19.2. The van der Waals surface area contributed by atoms with Crippen molar-refractivity contribution in [2.45, 2.75) is 26.3 Å². The van der Waals surface area contributed by atoms with E-state index in [9.17, 15) is 14.4 Å². The predicted molar refractivity (Wildman–Crippen MR) is 101 cm³/mol. The van der Waals surface area contributed by atoms with Gasteiger partial charge in [-0.1, -0.05) is 0 Å². The first-order valence-electron chi connectivity index (χ1n) is 9.15. The van der Waals surface area contributed by atoms with E-state index in [-0.39, 0.29) is 17.4 Å². The number of anilines is 1. The fourth-order valence-electron chi connectivity index (χ4n) is 3.55. The molecule has 1 amide bonds. The number of nitrogens with two attached hydrogens (primary N) is 1. The Kier molecular flexibility index (Phi) is 5.36. The van der Waals surface area contributed by atoms with E-state index in [0.29, 0.717) is 62.8 Å². The first-order valence-corrected chi connectivity index (χ1v) is 9.15. The second-order valence-electron chi connectivity index (χ2n) is 6.80. The van der Waals surface area contributed by atoms with Gasteiger partial charge in [-0.3, -0.25) is 18.7 Å². The average Bonchev–Trinajstić information content (AvgIpc) is 3.04. The van der Waals surface area contributed by atoms with Gasteiger partial charge in [-0.2, -0.15) is 4.98 Å². The van der Waals surface area contributed by atoms with E-state index in [4.69, 9.17) is 10.5 Å². The molecule has 2 N–H and O–H groups in total. The Morgan fingerprint density at radius 2 is 1.89 bits per heavy atom. The number of ether oxygens (including phenoxy) is 1. The summed E-state index contributed by atoms with van der Waals surface area (Å²) in [7, 11) is 3.06. The minimum absolute atomic E-state index is 0.139. The van der Waals surface area contributed by atoms with Gasteiger partial charge in [0.15, 0.2) is 11.2 Å². The molecular weight excluding hydrogens is 352 g/mol. The number of nitrogens with zero attached hydrogens (tertiary/aromatic N) is 5. The van der Waals surface area contributed by atoms with Crippen LogP contribution in [0, 0.1) is 5.92 Å². The number of imidazole rings is 1. The van der Waals surface area contributed by atoms with Gasteiger partial charge >= 0.3 is 5.69 Å². The lowest BCUT2D eigenvalue weighted by Gasteiger charge is -2.31. The van der Waals surface area contributed by atoms with E-state index in [1.165, 1.54) is 11.6 Å². The molecule has 1 aliphatic rings. The number of piperidine rings is 1. The molecule has 0 unspecified atom stereocenters. The van der Waals surface area contributed by atoms with Crippen LogP contribution in [-0.4, -0.2) is 50.9 Å². The van der Waals surface area contributed by atoms with Gasteiger partial charge < -0.3 is 19.9 Å². The zero-order chi connectivity index (χ0) is 19.7. The van der Waals surface area contributed by atoms with Crippen LogP contribution in [0.4, 0.5) is 5.95 Å². The highest BCUT2D eigenvalue weighted by molar-refractivity contribution is 5.77. The maximum absolute atomic E-state index is 12.8. The molecule has 27 heavy (non-hydrogen) atoms. The molecule has 0 radical (unpaired) electrons. The summed E-state index contributed by atoms with van der Waals surface area (Å²) in [6.45, 7) is 4.58. The highest BCUT2D eigenvalue weighted by Crippen LogP contribution is 2.25. The molecule has 3 heterocycles. The molecule has 148 valence electrons. The summed E-state index contributed by atoms with van der Waals surface area (Å²) in [5.74, 6) is 0.196. The van der Waals surface area contributed by atoms with Gasteiger partial charge in [0.05, 0.1) is 6.61 Å². The number of hydrogen-bond donors (Lipinski definition) is 1. The molecule has 2 aromatic heterocycles. The SMILES string of the molecule is CCOCCn1c(N2CCC(C(N)=O)CC2)nc2c1c(=O)n(C)c(=O)n2C. The van der Waals surface area contributed by atoms with Gasteiger partial charge in [0.1, 0.15) is 0 Å². The molecule has 0 bridgehead atoms. The largest absolute Gasteiger partial charge is 0.380 e. The lowest BCUT2D eigenvalue weighted by molar-refractivity contribution is -0.122. The van der Waals surface area contributed by atoms with Crippen molar-refractivity contribution < 1.29 is 9.53 Å². The third kappa shape index (κ3) is 3.36. The normalized spacial score (nSPS) is 15.6. The highest BCUT2D eigenvalue weighted by atomic mass is 16.5. The van der Waals surface area contributed by atoms with E-state index in [2.05, 4.69) is 4.98 Å². The fraction of sp³-hybridized carbons (Fsp3) is 0.647. The maximum Gasteiger partial charge on any atom is 0.332 e. The summed E-state index contributed by atoms with van der Waals surface area (Å²) in [4.78, 5) is 43.1. The number of fused-ring (bicyclic) bond motifs is 1. The molecule has 2 aromatic rings. The molecule has 10 heteroatoms. The molecule has 0 aliphatic carbocycles. The molecule has 10 nitrogen and oxygen atoms in total. The smallest absolute Gasteiger partial charge is 0.332 e. The topological polar surface area (TPSA) is 117 Å². The van der Waals surface area contributed by atoms with E-state index in [0.717, 1.165) is 4.57 Å². The summed E-state index contributed by atoms with van der Waals surface area (Å²) in [6, 6.07) is 0. The minimum atomic E-state index is -0.416. The quantitative estimate of drug-likeness (QED) is 0.656. The molecular formula is C17H26N6O4. The van der Waals surface area contributed by atoms with Crippen LogP contribution in [0.15, 0.2) is 9.59 Å². The van der Waals surface area contributed by atoms with Crippen LogP contribution >= 0.6 is 0 Å². The van der Waals surface area contributed by atoms with Gasteiger partial charge in [0, 0.05) is 46.3 Å². The predicted octanol–water partition coefficient (Wildman–Crippen LogP) is -0.828. The van der Waals surface area contributed by atoms with E-state index in [1.54, 1.807) is 7.05 Å². The van der Waals surface area contributed by atoms with Crippen molar-refractivity contribution in [2.75, 3.05) is 31.2 Å². The molecule has 1 saturated heterocycles. The van der Waals surface area contributed by atoms with Crippen molar-refractivity contribution in [1.82, 2.24) is 18.7 Å². The zero-order valence-electron chi connectivity index (χ0n) is 16.0. The Morgan fingerprint density at radius 1 is 1.22 bits per heavy atom. The lowest BCUT2D eigenvalue weighted by atomic mass is 9.96. The standard InChI is InChI=1S/C17H26N6O4/c1-4-27-10-9-23-12-14(20(2)17(26)21(3)15(12)25)19-16(23)22-7-5-11(6-8-22)13(18)24/h11H,4-10H2,1-3H3,(H2,18,24). The van der Waals surface area contributed by atoms with Crippen LogP contribution in [0.5, 0.6) is 0 Å². The molecule has 1 fully saturated rings. The van der Waals surface area contributed by atoms with Crippen molar-refractivity contribution in [2.24, 2.45) is 25.7 Å². The molecule has 0 saturated carbocycles. The van der Waals surface area contributed by atoms with Crippen molar-refractivity contribution in [3.8, 4) is 0 Å². The van der Waals surface area contributed by atoms with Gasteiger partial charge in [0.25, 0.3) is 5.56 Å². The van der Waals surface area contributed by atoms with Crippen molar-refractivity contribution in [1.29, 1.82) is 0 Å². The van der Waals surface area contributed by atoms with Crippen molar-refractivity contribution >= 4 is 23.0 Å². The molecule has 0 spiro atoms. The van der Waals surface area contributed by atoms with Crippen LogP contribution in [0.2, 0.25) is 0 Å². The van der Waals surface area contributed by atoms with E-state index in [1.807, 2.05) is 16.4 Å². The molecule has 3 rings (SSSR count). The maximum atomic E-state index is 12.8. The van der Waals surface area contributed by atoms with Gasteiger partial charge in [-0.15, -0.1) is 0 Å². The van der Waals surface area contributed by atoms with E-state index >= 15 is 0 Å². The Bertz CT molecular complexity index is 964. The summed E-state index contributed by atoms with van der Waals surface area (Å²) >= 11 is 0. The second-order valence-corrected chi connectivity index (χ2v) is 6.80. The summed E-state index contributed by atoms with van der Waals surface area (Å²) in [5, 5.41) is 0. The van der Waals surface area contributed by atoms with Gasteiger partial charge in [0.2, 0.25) is 11.9 Å². The summed E-state index contributed by atoms with van der Waals surface area (Å²) in [6.07, 6.45) is 1.28. The van der Waals surface area contributed by atoms with Crippen LogP contribution < -0.4 is 21.9 Å². The number of carbonyl (C=O) groups excluding carboxylic acids is 1. The number of hydrogen-bond acceptors (Lipinski definition) is 6. The molecule has 1 aliphatic heterocycles. The second kappa shape index (κ2) is 7.55. The molecule has 0 aromatic carbocycles. The van der Waals surface area contributed by atoms with E-state index < -0.39 is 5.69 Å². The fourth-order valence-corrected chi connectivity index (χ4v) is 3.55. The number of rotatable bonds is 6. The Balaban J connectivity index is 2.09. The number of amides is 1. The highest BCUT2D eigenvalue weighted by Gasteiger charge is 2.28. The third-order valence-corrected chi connectivity index (χ3v) is 5.17. The Labute approximate surface area is 156 Å². The number of aromatic nitrogens is 4. The molecule has 0 atom stereocenters. The average molecular weight is 378 g/mol.